The van der Waals surface area contributed by atoms with Gasteiger partial charge < -0.3 is 48.1 Å². The van der Waals surface area contributed by atoms with Crippen molar-refractivity contribution < 1.29 is 116 Å². The van der Waals surface area contributed by atoms with Crippen LogP contribution in [0.3, 0.4) is 0 Å². The van der Waals surface area contributed by atoms with Gasteiger partial charge in [-0.2, -0.15) is 0 Å². The van der Waals surface area contributed by atoms with Gasteiger partial charge in [-0.15, -0.1) is 0 Å². The van der Waals surface area contributed by atoms with Crippen LogP contribution < -0.4 is 39.5 Å². The van der Waals surface area contributed by atoms with E-state index in [-0.39, 0.29) is 54.2 Å². The first-order chi connectivity index (χ1) is 53.3. The molecule has 14 rings (SSSR count). The molecular formula is C89H113Au3ClF12N5O3P3Sb2-. The van der Waals surface area contributed by atoms with Gasteiger partial charge in [-0.1, -0.05) is 256 Å². The summed E-state index contributed by atoms with van der Waals surface area (Å²) in [7, 11) is 14.7. The molecular weight excluding hydrogens is 2380 g/mol. The molecule has 3 aromatic heterocycles. The molecule has 12 aromatic rings. The number of ether oxygens (including phenoxy) is 3. The summed E-state index contributed by atoms with van der Waals surface area (Å²) in [6.07, 6.45) is 16.1. The quantitative estimate of drug-likeness (QED) is 0.0624. The standard InChI is InChI=1S/C31H36NOP.2C19H16NOP.2C8H18.2C2H4N.3Au.ClH.12FH.2Sb/c1-33-30-22-12-21-29(32-27-19-10-8-17-25(27)26-18-9-11-20-28(26)32)31(30)34(23-13-4-2-5-14-23)24-15-6-3-7-16-24;2*1-21-18-12-6-11-17(19(18)22)20-15-9-4-2-7-13(15)14-8-3-5-10-16(14)20;2*1-7(2,3)8(4,5)6;2*1-2-3;;;;;;;;;;;;;;;;;;/h8-12,17-24H,2-7,13-16H2,1H3;2*2-12H,22H2,1H3;2*1-6H3;2*2H,1H3;;;;13*1H;;/q;;;;;2*-1;3*+1;;;;;;;;;;;;;;2*+5/p-12. The van der Waals surface area contributed by atoms with Crippen LogP contribution in [0.25, 0.3) is 93.3 Å². The van der Waals surface area contributed by atoms with Crippen LogP contribution in [-0.2, 0) is 64.7 Å². The molecule has 0 aliphatic heterocycles. The number of nitrogens with zero attached hydrogens (tertiary/aromatic N) is 5. The van der Waals surface area contributed by atoms with E-state index in [4.69, 9.17) is 25.0 Å². The first-order valence-corrected chi connectivity index (χ1v) is 53.0. The summed E-state index contributed by atoms with van der Waals surface area (Å²) in [5, 5.41) is 26.4. The summed E-state index contributed by atoms with van der Waals surface area (Å²) < 4.78 is 123. The molecule has 2 fully saturated rings. The van der Waals surface area contributed by atoms with Crippen molar-refractivity contribution >= 4 is 170 Å². The number of benzene rings is 9. The van der Waals surface area contributed by atoms with Gasteiger partial charge in [0, 0.05) is 50.8 Å². The average Bonchev–Trinajstić information content (AvgIpc) is 1.56. The normalized spacial score (nSPS) is 13.6. The predicted molar refractivity (Wildman–Crippen MR) is 479 cm³/mol. The van der Waals surface area contributed by atoms with Gasteiger partial charge in [-0.25, -0.2) is 12.4 Å². The molecule has 2 aliphatic rings. The minimum absolute atomic E-state index is 0. The number of methoxy groups -OCH3 is 3. The summed E-state index contributed by atoms with van der Waals surface area (Å²) in [5.74, 6) is 2.89. The molecule has 0 spiro atoms. The van der Waals surface area contributed by atoms with Crippen molar-refractivity contribution in [3.8, 4) is 34.3 Å². The first-order valence-electron chi connectivity index (χ1n) is 37.8. The van der Waals surface area contributed by atoms with Crippen molar-refractivity contribution in [1.82, 2.24) is 13.7 Å². The summed E-state index contributed by atoms with van der Waals surface area (Å²) >= 11 is -16.6. The maximum absolute atomic E-state index is 9.91. The number of para-hydroxylation sites is 6. The van der Waals surface area contributed by atoms with E-state index in [0.717, 1.165) is 63.0 Å². The third-order valence-corrected chi connectivity index (χ3v) is 26.2. The number of halogens is 13. The van der Waals surface area contributed by atoms with Crippen LogP contribution >= 0.6 is 35.6 Å². The zero-order valence-corrected chi connectivity index (χ0v) is 85.4. The van der Waals surface area contributed by atoms with Gasteiger partial charge in [0.1, 0.15) is 11.5 Å². The first kappa shape index (κ1) is 112. The van der Waals surface area contributed by atoms with E-state index >= 15 is 0 Å². The van der Waals surface area contributed by atoms with Gasteiger partial charge >= 0.3 is 143 Å². The van der Waals surface area contributed by atoms with E-state index < -0.39 is 48.5 Å². The molecule has 2 saturated carbocycles. The summed E-state index contributed by atoms with van der Waals surface area (Å²) in [4.78, 5) is 0. The summed E-state index contributed by atoms with van der Waals surface area (Å²) in [6, 6.07) is 71.1. The van der Waals surface area contributed by atoms with Gasteiger partial charge in [0.05, 0.1) is 82.8 Å². The van der Waals surface area contributed by atoms with Crippen molar-refractivity contribution in [2.24, 2.45) is 21.7 Å². The third kappa shape index (κ3) is 33.0. The molecule has 0 N–H and O–H groups in total. The van der Waals surface area contributed by atoms with Gasteiger partial charge in [0.15, 0.2) is 11.1 Å². The molecule has 0 bridgehead atoms. The van der Waals surface area contributed by atoms with E-state index in [9.17, 15) is 28.1 Å². The van der Waals surface area contributed by atoms with Crippen LogP contribution in [0.2, 0.25) is 0 Å². The van der Waals surface area contributed by atoms with E-state index in [1.54, 1.807) is 53.4 Å². The van der Waals surface area contributed by atoms with Gasteiger partial charge in [0.2, 0.25) is 0 Å². The van der Waals surface area contributed by atoms with Gasteiger partial charge in [0.25, 0.3) is 0 Å². The predicted octanol–water partition coefficient (Wildman–Crippen LogP) is 22.5. The van der Waals surface area contributed by atoms with Crippen molar-refractivity contribution in [3.63, 3.8) is 0 Å². The fraction of sp³-hybridized carbons (Fsp3) is 0.371. The molecule has 29 heteroatoms. The fourth-order valence-electron chi connectivity index (χ4n) is 13.1. The van der Waals surface area contributed by atoms with E-state index in [0.29, 0.717) is 21.7 Å². The summed E-state index contributed by atoms with van der Waals surface area (Å²) in [5.41, 5.74) is 14.6. The number of hydrogen-bond donors (Lipinski definition) is 0. The van der Waals surface area contributed by atoms with Crippen LogP contribution in [0.5, 0.6) is 17.2 Å². The molecule has 118 heavy (non-hydrogen) atoms. The van der Waals surface area contributed by atoms with E-state index in [2.05, 4.69) is 300 Å². The molecule has 0 saturated heterocycles. The maximum atomic E-state index is 9.91. The Bertz CT molecular complexity index is 4640. The topological polar surface area (TPSA) is 87.1 Å². The van der Waals surface area contributed by atoms with Crippen LogP contribution in [0.1, 0.15) is 161 Å². The second-order valence-electron chi connectivity index (χ2n) is 31.7. The Labute approximate surface area is 753 Å². The SMILES string of the molecule is CC(C)(C)C(C)(C)C.CC(C)(C)C(C)(C)C.CC=[N-].CC=[N-].COc1cccc(-n2c3ccccc3c3ccccc32)c1P.COc1cccc(-n2c3ccccc3c3ccccc32)c1P.COc1cccc(-n2c3ccccc3c3ccccc32)c1[PH+](C1CCCCC1)C1CCCCC1.[Au+].[Au+].[Cl][Au].[F-].[F-].[F][Sb]([F])([F])([F])[F].[F][Sb]([F])([F])([F])[F]. The number of fused-ring (bicyclic) bond motifs is 9. The molecule has 9 aromatic carbocycles. The summed E-state index contributed by atoms with van der Waals surface area (Å²) in [6.45, 7) is 30.4. The zero-order chi connectivity index (χ0) is 85.4. The van der Waals surface area contributed by atoms with Crippen LogP contribution in [0.4, 0.5) is 28.1 Å². The molecule has 662 valence electrons. The fourth-order valence-corrected chi connectivity index (χ4v) is 18.5. The number of aromatic nitrogens is 3. The molecule has 2 atom stereocenters. The van der Waals surface area contributed by atoms with Crippen LogP contribution in [0, 0.1) is 21.7 Å². The van der Waals surface area contributed by atoms with Crippen molar-refractivity contribution in [2.45, 2.75) is 172 Å². The van der Waals surface area contributed by atoms with Gasteiger partial charge in [-0.05, 0) is 146 Å². The minimum atomic E-state index is -9.19. The molecule has 0 radical (unpaired) electrons. The third-order valence-electron chi connectivity index (χ3n) is 21.1. The Hall–Kier alpha value is -4.28. The Balaban J connectivity index is 0.000000735. The Kier molecular flexibility index (Phi) is 46.8. The second-order valence-corrected chi connectivity index (χ2v) is 43.2. The Morgan fingerprint density at radius 1 is 0.356 bits per heavy atom. The van der Waals surface area contributed by atoms with E-state index in [1.165, 1.54) is 135 Å². The average molecular weight is 2490 g/mol. The Morgan fingerprint density at radius 2 is 0.542 bits per heavy atom. The van der Waals surface area contributed by atoms with Gasteiger partial charge in [-0.3, -0.25) is 0 Å². The van der Waals surface area contributed by atoms with Crippen LogP contribution in [0.15, 0.2) is 200 Å². The molecule has 2 aliphatic carbocycles. The zero-order valence-electron chi connectivity index (χ0n) is 69.8. The molecule has 8 nitrogen and oxygen atoms in total. The van der Waals surface area contributed by atoms with E-state index in [1.807, 2.05) is 31.4 Å². The van der Waals surface area contributed by atoms with Crippen LogP contribution in [-0.4, -0.2) is 99.4 Å². The molecule has 0 amide bonds. The Morgan fingerprint density at radius 3 is 0.746 bits per heavy atom. The van der Waals surface area contributed by atoms with Crippen molar-refractivity contribution in [3.05, 3.63) is 211 Å². The molecule has 2 unspecified atom stereocenters. The molecule has 3 heterocycles. The van der Waals surface area contributed by atoms with Crippen molar-refractivity contribution in [2.75, 3.05) is 21.3 Å². The monoisotopic (exact) mass is 2490 g/mol. The number of rotatable bonds is 9. The van der Waals surface area contributed by atoms with Crippen molar-refractivity contribution in [1.29, 1.82) is 0 Å². The number of hydrogen-bond acceptors (Lipinski definition) is 3. The second kappa shape index (κ2) is 49.4.